The minimum Gasteiger partial charge on any atom is -0.213 e. The van der Waals surface area contributed by atoms with Crippen LogP contribution >= 0.6 is 34.1 Å². The van der Waals surface area contributed by atoms with Crippen LogP contribution in [0.1, 0.15) is 5.82 Å². The molecule has 0 saturated heterocycles. The Morgan fingerprint density at radius 2 is 2.09 bits per heavy atom. The molecule has 0 aliphatic heterocycles. The predicted molar refractivity (Wildman–Crippen MR) is 42.4 cm³/mol. The maximum Gasteiger partial charge on any atom is 0.396 e. The molecule has 0 unspecified atom stereocenters. The van der Waals surface area contributed by atoms with E-state index in [9.17, 15) is 13.2 Å². The summed E-state index contributed by atoms with van der Waals surface area (Å²) < 4.78 is 39.1. The summed E-state index contributed by atoms with van der Waals surface area (Å²) >= 11 is 2.80. The molecule has 0 N–H and O–H groups in total. The number of aromatic nitrogens is 2. The van der Waals surface area contributed by atoms with E-state index in [4.69, 9.17) is 0 Å². The number of nitrogens with zero attached hydrogens (tertiary/aromatic N) is 2. The lowest BCUT2D eigenvalue weighted by molar-refractivity contribution is -0.128. The van der Waals surface area contributed by atoms with Crippen molar-refractivity contribution in [2.75, 3.05) is 0 Å². The summed E-state index contributed by atoms with van der Waals surface area (Å²) in [4.78, 5) is 3.57. The average Bonchev–Trinajstić information content (AvgIpc) is 2.10. The summed E-state index contributed by atoms with van der Waals surface area (Å²) in [6.45, 7) is 0. The molecule has 2 nitrogen and oxygen atoms in total. The molecule has 1 rings (SSSR count). The van der Waals surface area contributed by atoms with Crippen molar-refractivity contribution in [3.05, 3.63) is 8.84 Å². The van der Waals surface area contributed by atoms with Crippen LogP contribution in [0.4, 0.5) is 13.2 Å². The first kappa shape index (κ1) is 9.17. The van der Waals surface area contributed by atoms with Crippen molar-refractivity contribution < 1.29 is 13.2 Å². The minimum absolute atomic E-state index is 0.146. The second-order valence-corrected chi connectivity index (χ2v) is 4.26. The Labute approximate surface area is 78.1 Å². The van der Waals surface area contributed by atoms with Crippen molar-refractivity contribution in [2.24, 2.45) is 0 Å². The lowest BCUT2D eigenvalue weighted by atomic mass is 10.4. The molecule has 0 amide bonds. The molecule has 62 valence electrons. The van der Waals surface area contributed by atoms with Crippen LogP contribution in [0.5, 0.6) is 0 Å². The SMILES string of the molecule is FC(F)(F)Cc1nsc(I)n1. The lowest BCUT2D eigenvalue weighted by Gasteiger charge is -2.00. The lowest BCUT2D eigenvalue weighted by Crippen LogP contribution is -2.12. The van der Waals surface area contributed by atoms with Gasteiger partial charge in [0.2, 0.25) is 0 Å². The molecule has 7 heteroatoms. The molecule has 1 heterocycles. The fourth-order valence-corrected chi connectivity index (χ4v) is 1.49. The highest BCUT2D eigenvalue weighted by Crippen LogP contribution is 2.20. The highest BCUT2D eigenvalue weighted by atomic mass is 127. The summed E-state index contributed by atoms with van der Waals surface area (Å²) in [5.41, 5.74) is 0. The van der Waals surface area contributed by atoms with E-state index in [1.54, 1.807) is 0 Å². The zero-order valence-electron chi connectivity index (χ0n) is 5.02. The Kier molecular flexibility index (Phi) is 2.68. The molecule has 0 atom stereocenters. The number of hydrogen-bond acceptors (Lipinski definition) is 3. The molecule has 0 aliphatic rings. The van der Waals surface area contributed by atoms with Crippen LogP contribution < -0.4 is 0 Å². The Bertz CT molecular complexity index is 246. The standard InChI is InChI=1S/C4H2F3IN2S/c5-4(6,7)1-2-9-3(8)11-10-2/h1H2. The van der Waals surface area contributed by atoms with E-state index in [0.29, 0.717) is 3.01 Å². The van der Waals surface area contributed by atoms with Crippen molar-refractivity contribution in [3.8, 4) is 0 Å². The van der Waals surface area contributed by atoms with Crippen molar-refractivity contribution in [1.29, 1.82) is 0 Å². The molecule has 0 aromatic carbocycles. The molecule has 0 bridgehead atoms. The highest BCUT2D eigenvalue weighted by Gasteiger charge is 2.29. The van der Waals surface area contributed by atoms with Gasteiger partial charge in [-0.2, -0.15) is 17.5 Å². The van der Waals surface area contributed by atoms with Crippen LogP contribution in [0, 0.1) is 3.01 Å². The second-order valence-electron chi connectivity index (χ2n) is 1.76. The van der Waals surface area contributed by atoms with Gasteiger partial charge in [0.25, 0.3) is 0 Å². The van der Waals surface area contributed by atoms with E-state index in [-0.39, 0.29) is 5.82 Å². The predicted octanol–water partition coefficient (Wildman–Crippen LogP) is 2.25. The zero-order valence-corrected chi connectivity index (χ0v) is 8.00. The van der Waals surface area contributed by atoms with Gasteiger partial charge in [0, 0.05) is 0 Å². The maximum absolute atomic E-state index is 11.7. The Hall–Kier alpha value is 0.0800. The fourth-order valence-electron chi connectivity index (χ4n) is 0.484. The van der Waals surface area contributed by atoms with Gasteiger partial charge < -0.3 is 0 Å². The summed E-state index contributed by atoms with van der Waals surface area (Å²) in [5.74, 6) is -0.146. The van der Waals surface area contributed by atoms with Crippen molar-refractivity contribution >= 4 is 34.1 Å². The van der Waals surface area contributed by atoms with E-state index >= 15 is 0 Å². The van der Waals surface area contributed by atoms with Gasteiger partial charge in [0.1, 0.15) is 6.42 Å². The van der Waals surface area contributed by atoms with Crippen LogP contribution in [0.2, 0.25) is 0 Å². The van der Waals surface area contributed by atoms with E-state index in [1.807, 2.05) is 22.6 Å². The molecule has 1 aromatic heterocycles. The summed E-state index contributed by atoms with van der Waals surface area (Å²) in [6, 6.07) is 0. The maximum atomic E-state index is 11.7. The van der Waals surface area contributed by atoms with Gasteiger partial charge >= 0.3 is 6.18 Å². The fraction of sp³-hybridized carbons (Fsp3) is 0.500. The summed E-state index contributed by atoms with van der Waals surface area (Å²) in [7, 11) is 0. The molecule has 1 aromatic rings. The van der Waals surface area contributed by atoms with Gasteiger partial charge in [-0.1, -0.05) is 0 Å². The zero-order chi connectivity index (χ0) is 8.48. The van der Waals surface area contributed by atoms with Gasteiger partial charge in [-0.15, -0.1) is 0 Å². The van der Waals surface area contributed by atoms with Gasteiger partial charge in [-0.3, -0.25) is 0 Å². The van der Waals surface area contributed by atoms with Crippen molar-refractivity contribution in [3.63, 3.8) is 0 Å². The number of hydrogen-bond donors (Lipinski definition) is 0. The van der Waals surface area contributed by atoms with Gasteiger partial charge in [0.15, 0.2) is 8.84 Å². The third kappa shape index (κ3) is 3.32. The molecule has 0 spiro atoms. The first-order chi connectivity index (χ1) is 4.97. The summed E-state index contributed by atoms with van der Waals surface area (Å²) in [6.07, 6.45) is -5.24. The molecule has 0 fully saturated rings. The third-order valence-electron chi connectivity index (χ3n) is 0.802. The van der Waals surface area contributed by atoms with Crippen LogP contribution in [0.25, 0.3) is 0 Å². The van der Waals surface area contributed by atoms with Gasteiger partial charge in [0.05, 0.1) is 0 Å². The Morgan fingerprint density at radius 1 is 1.45 bits per heavy atom. The largest absolute Gasteiger partial charge is 0.396 e. The number of rotatable bonds is 1. The van der Waals surface area contributed by atoms with Crippen LogP contribution in [-0.4, -0.2) is 15.5 Å². The Morgan fingerprint density at radius 3 is 2.45 bits per heavy atom. The average molecular weight is 294 g/mol. The van der Waals surface area contributed by atoms with Gasteiger partial charge in [-0.05, 0) is 34.1 Å². The van der Waals surface area contributed by atoms with E-state index in [0.717, 1.165) is 11.5 Å². The number of alkyl halides is 3. The van der Waals surface area contributed by atoms with Crippen LogP contribution in [0.3, 0.4) is 0 Å². The normalized spacial score (nSPS) is 12.0. The Balaban J connectivity index is 2.65. The first-order valence-electron chi connectivity index (χ1n) is 2.52. The highest BCUT2D eigenvalue weighted by molar-refractivity contribution is 14.1. The van der Waals surface area contributed by atoms with Crippen molar-refractivity contribution in [2.45, 2.75) is 12.6 Å². The smallest absolute Gasteiger partial charge is 0.213 e. The minimum atomic E-state index is -4.20. The number of halogens is 4. The van der Waals surface area contributed by atoms with E-state index in [1.165, 1.54) is 0 Å². The van der Waals surface area contributed by atoms with Crippen molar-refractivity contribution in [1.82, 2.24) is 9.36 Å². The topological polar surface area (TPSA) is 25.8 Å². The summed E-state index contributed by atoms with van der Waals surface area (Å²) in [5, 5.41) is 0. The van der Waals surface area contributed by atoms with Crippen LogP contribution in [0.15, 0.2) is 0 Å². The van der Waals surface area contributed by atoms with Crippen LogP contribution in [-0.2, 0) is 6.42 Å². The molecule has 0 radical (unpaired) electrons. The monoisotopic (exact) mass is 294 g/mol. The van der Waals surface area contributed by atoms with Gasteiger partial charge in [-0.25, -0.2) is 4.98 Å². The molecule has 0 aliphatic carbocycles. The third-order valence-corrected chi connectivity index (χ3v) is 2.18. The van der Waals surface area contributed by atoms with E-state index in [2.05, 4.69) is 9.36 Å². The molecular formula is C4H2F3IN2S. The quantitative estimate of drug-likeness (QED) is 0.742. The molecular weight excluding hydrogens is 292 g/mol. The first-order valence-corrected chi connectivity index (χ1v) is 4.37. The van der Waals surface area contributed by atoms with E-state index < -0.39 is 12.6 Å². The molecule has 0 saturated carbocycles. The molecule has 11 heavy (non-hydrogen) atoms. The second kappa shape index (κ2) is 3.21.